The molecule has 0 aliphatic rings. The van der Waals surface area contributed by atoms with Crippen LogP contribution in [0.4, 0.5) is 13.2 Å². The van der Waals surface area contributed by atoms with Gasteiger partial charge in [-0.3, -0.25) is 4.79 Å². The number of ether oxygens (including phenoxy) is 1. The van der Waals surface area contributed by atoms with Crippen molar-refractivity contribution in [1.29, 1.82) is 0 Å². The summed E-state index contributed by atoms with van der Waals surface area (Å²) in [7, 11) is 0. The molecule has 0 heterocycles. The van der Waals surface area contributed by atoms with Crippen molar-refractivity contribution >= 4 is 23.6 Å². The molecule has 19 heavy (non-hydrogen) atoms. The van der Waals surface area contributed by atoms with E-state index >= 15 is 0 Å². The maximum absolute atomic E-state index is 11.7. The fourth-order valence-electron chi connectivity index (χ4n) is 1.07. The van der Waals surface area contributed by atoms with Crippen LogP contribution in [0.2, 0.25) is 0 Å². The van der Waals surface area contributed by atoms with Crippen LogP contribution in [0, 0.1) is 0 Å². The zero-order chi connectivity index (χ0) is 14.9. The topological polar surface area (TPSA) is 75.6 Å². The number of carboxylic acids is 1. The normalized spacial score (nSPS) is 13.1. The number of hydrogen-bond donors (Lipinski definition) is 2. The van der Waals surface area contributed by atoms with Crippen LogP contribution in [0.5, 0.6) is 0 Å². The number of halogens is 3. The molecule has 1 unspecified atom stereocenters. The number of thioether (sulfide) groups is 1. The number of carbonyl (C=O) groups excluding carboxylic acids is 1. The van der Waals surface area contributed by atoms with Gasteiger partial charge in [-0.2, -0.15) is 24.9 Å². The molecule has 0 radical (unpaired) electrons. The summed E-state index contributed by atoms with van der Waals surface area (Å²) in [5.74, 6) is -0.965. The number of nitrogens with one attached hydrogen (secondary N) is 1. The van der Waals surface area contributed by atoms with Gasteiger partial charge in [-0.15, -0.1) is 0 Å². The molecule has 0 aromatic heterocycles. The maximum atomic E-state index is 11.7. The molecular weight excluding hydrogens is 287 g/mol. The smallest absolute Gasteiger partial charge is 0.411 e. The van der Waals surface area contributed by atoms with Crippen molar-refractivity contribution in [2.45, 2.75) is 25.6 Å². The van der Waals surface area contributed by atoms with E-state index in [1.165, 1.54) is 18.7 Å². The van der Waals surface area contributed by atoms with Crippen LogP contribution < -0.4 is 5.32 Å². The number of rotatable bonds is 9. The van der Waals surface area contributed by atoms with E-state index in [-0.39, 0.29) is 12.4 Å². The van der Waals surface area contributed by atoms with E-state index in [1.807, 2.05) is 0 Å². The minimum Gasteiger partial charge on any atom is -0.480 e. The zero-order valence-electron chi connectivity index (χ0n) is 10.3. The molecule has 1 atom stereocenters. The first-order valence-corrected chi connectivity index (χ1v) is 6.60. The van der Waals surface area contributed by atoms with Gasteiger partial charge in [-0.05, 0) is 12.2 Å². The van der Waals surface area contributed by atoms with Gasteiger partial charge in [0.1, 0.15) is 12.6 Å². The van der Waals surface area contributed by atoms with E-state index in [4.69, 9.17) is 5.11 Å². The molecule has 1 amide bonds. The number of hydrogen-bond acceptors (Lipinski definition) is 4. The predicted molar refractivity (Wildman–Crippen MR) is 64.1 cm³/mol. The molecule has 5 nitrogen and oxygen atoms in total. The third-order valence-electron chi connectivity index (χ3n) is 1.80. The van der Waals surface area contributed by atoms with Crippen LogP contribution in [0.1, 0.15) is 13.3 Å². The van der Waals surface area contributed by atoms with Crippen LogP contribution in [-0.4, -0.2) is 53.9 Å². The van der Waals surface area contributed by atoms with E-state index in [9.17, 15) is 22.8 Å². The number of carbonyl (C=O) groups is 2. The molecule has 9 heteroatoms. The summed E-state index contributed by atoms with van der Waals surface area (Å²) < 4.78 is 39.5. The van der Waals surface area contributed by atoms with Gasteiger partial charge in [0.25, 0.3) is 0 Å². The Kier molecular flexibility index (Phi) is 8.57. The Bertz CT molecular complexity index is 299. The van der Waals surface area contributed by atoms with E-state index in [1.54, 1.807) is 0 Å². The van der Waals surface area contributed by atoms with Gasteiger partial charge >= 0.3 is 12.1 Å². The lowest BCUT2D eigenvalue weighted by atomic mass is 10.3. The lowest BCUT2D eigenvalue weighted by Crippen LogP contribution is -2.41. The largest absolute Gasteiger partial charge is 0.480 e. The highest BCUT2D eigenvalue weighted by Crippen LogP contribution is 2.14. The van der Waals surface area contributed by atoms with Crippen molar-refractivity contribution in [2.24, 2.45) is 0 Å². The first kappa shape index (κ1) is 18.0. The van der Waals surface area contributed by atoms with Crippen LogP contribution in [0.15, 0.2) is 0 Å². The van der Waals surface area contributed by atoms with Crippen molar-refractivity contribution in [3.05, 3.63) is 0 Å². The number of aliphatic carboxylic acids is 1. The third kappa shape index (κ3) is 11.8. The molecule has 2 N–H and O–H groups in total. The van der Waals surface area contributed by atoms with Crippen molar-refractivity contribution in [1.82, 2.24) is 5.32 Å². The van der Waals surface area contributed by atoms with Crippen molar-refractivity contribution < 1.29 is 32.6 Å². The number of alkyl halides is 3. The summed E-state index contributed by atoms with van der Waals surface area (Å²) in [6.45, 7) is -0.0999. The summed E-state index contributed by atoms with van der Waals surface area (Å²) in [6, 6.07) is -0.987. The van der Waals surface area contributed by atoms with Gasteiger partial charge in [-0.25, -0.2) is 4.79 Å². The molecule has 0 aliphatic carbocycles. The summed E-state index contributed by atoms with van der Waals surface area (Å²) in [5, 5.41) is 11.0. The first-order valence-electron chi connectivity index (χ1n) is 5.44. The Morgan fingerprint density at radius 3 is 2.53 bits per heavy atom. The van der Waals surface area contributed by atoms with Gasteiger partial charge in [0, 0.05) is 19.3 Å². The highest BCUT2D eigenvalue weighted by Gasteiger charge is 2.27. The standard InChI is InChI=1S/C10H16F3NO4S/c1-7(15)14-8(9(16)17)5-19-4-2-3-18-6-10(11,12)13/h8H,2-6H2,1H3,(H,14,15)(H,16,17). The molecule has 0 fully saturated rings. The van der Waals surface area contributed by atoms with Gasteiger partial charge in [0.2, 0.25) is 5.91 Å². The van der Waals surface area contributed by atoms with E-state index < -0.39 is 30.7 Å². The predicted octanol–water partition coefficient (Wildman–Crippen LogP) is 1.28. The third-order valence-corrected chi connectivity index (χ3v) is 2.95. The Morgan fingerprint density at radius 2 is 2.05 bits per heavy atom. The Hall–Kier alpha value is -0.960. The second kappa shape index (κ2) is 9.03. The molecule has 0 bridgehead atoms. The van der Waals surface area contributed by atoms with E-state index in [0.717, 1.165) is 0 Å². The second-order valence-electron chi connectivity index (χ2n) is 3.69. The molecular formula is C10H16F3NO4S. The second-order valence-corrected chi connectivity index (χ2v) is 4.84. The van der Waals surface area contributed by atoms with Crippen LogP contribution in [0.3, 0.4) is 0 Å². The number of carboxylic acid groups (broad SMARTS) is 1. The average Bonchev–Trinajstić information content (AvgIpc) is 2.23. The molecule has 112 valence electrons. The lowest BCUT2D eigenvalue weighted by molar-refractivity contribution is -0.173. The van der Waals surface area contributed by atoms with Crippen LogP contribution in [0.25, 0.3) is 0 Å². The summed E-state index contributed by atoms with van der Waals surface area (Å²) in [6.07, 6.45) is -3.94. The molecule has 0 aromatic carbocycles. The average molecular weight is 303 g/mol. The highest BCUT2D eigenvalue weighted by molar-refractivity contribution is 7.99. The Labute approximate surface area is 112 Å². The van der Waals surface area contributed by atoms with Crippen molar-refractivity contribution in [3.8, 4) is 0 Å². The van der Waals surface area contributed by atoms with Gasteiger partial charge in [-0.1, -0.05) is 0 Å². The SMILES string of the molecule is CC(=O)NC(CSCCCOCC(F)(F)F)C(=O)O. The molecule has 0 aromatic rings. The van der Waals surface area contributed by atoms with E-state index in [2.05, 4.69) is 10.1 Å². The summed E-state index contributed by atoms with van der Waals surface area (Å²) in [4.78, 5) is 21.5. The van der Waals surface area contributed by atoms with Gasteiger partial charge in [0.15, 0.2) is 0 Å². The summed E-state index contributed by atoms with van der Waals surface area (Å²) in [5.41, 5.74) is 0. The minimum atomic E-state index is -4.33. The fourth-order valence-corrected chi connectivity index (χ4v) is 2.02. The van der Waals surface area contributed by atoms with Crippen LogP contribution in [-0.2, 0) is 14.3 Å². The van der Waals surface area contributed by atoms with Gasteiger partial charge in [0.05, 0.1) is 0 Å². The van der Waals surface area contributed by atoms with Crippen LogP contribution >= 0.6 is 11.8 Å². The van der Waals surface area contributed by atoms with E-state index in [0.29, 0.717) is 12.2 Å². The Morgan fingerprint density at radius 1 is 1.42 bits per heavy atom. The quantitative estimate of drug-likeness (QED) is 0.628. The zero-order valence-corrected chi connectivity index (χ0v) is 11.1. The lowest BCUT2D eigenvalue weighted by Gasteiger charge is -2.12. The highest BCUT2D eigenvalue weighted by atomic mass is 32.2. The number of amides is 1. The molecule has 0 saturated carbocycles. The molecule has 0 saturated heterocycles. The molecule has 0 spiro atoms. The van der Waals surface area contributed by atoms with Crippen molar-refractivity contribution in [2.75, 3.05) is 24.7 Å². The minimum absolute atomic E-state index is 0.0373. The van der Waals surface area contributed by atoms with Crippen molar-refractivity contribution in [3.63, 3.8) is 0 Å². The fraction of sp³-hybridized carbons (Fsp3) is 0.800. The summed E-state index contributed by atoms with van der Waals surface area (Å²) >= 11 is 1.23. The monoisotopic (exact) mass is 303 g/mol. The molecule has 0 rings (SSSR count). The van der Waals surface area contributed by atoms with Gasteiger partial charge < -0.3 is 15.2 Å². The molecule has 0 aliphatic heterocycles. The first-order chi connectivity index (χ1) is 8.72. The maximum Gasteiger partial charge on any atom is 0.411 e. The Balaban J connectivity index is 3.61.